The number of nitrogens with zero attached hydrogens (tertiary/aromatic N) is 1. The van der Waals surface area contributed by atoms with Gasteiger partial charge in [0.2, 0.25) is 17.7 Å². The molecule has 28 heavy (non-hydrogen) atoms. The molecule has 0 saturated carbocycles. The quantitative estimate of drug-likeness (QED) is 0.596. The van der Waals surface area contributed by atoms with E-state index in [-0.39, 0.29) is 23.1 Å². The van der Waals surface area contributed by atoms with Crippen LogP contribution >= 0.6 is 0 Å². The Bertz CT molecular complexity index is 528. The molecule has 1 saturated heterocycles. The monoisotopic (exact) mass is 395 g/mol. The summed E-state index contributed by atoms with van der Waals surface area (Å²) in [5.74, 6) is 0.0646. The first kappa shape index (κ1) is 24.4. The fraction of sp³-hybridized carbons (Fsp3) is 0.864. The number of amides is 3. The van der Waals surface area contributed by atoms with E-state index >= 15 is 0 Å². The smallest absolute Gasteiger partial charge is 0.245 e. The highest BCUT2D eigenvalue weighted by Crippen LogP contribution is 2.28. The number of unbranched alkanes of at least 4 members (excludes halogenated alkanes) is 1. The van der Waals surface area contributed by atoms with Gasteiger partial charge in [-0.1, -0.05) is 53.9 Å². The molecule has 1 fully saturated rings. The highest BCUT2D eigenvalue weighted by molar-refractivity contribution is 5.92. The van der Waals surface area contributed by atoms with Crippen LogP contribution in [0.4, 0.5) is 0 Å². The summed E-state index contributed by atoms with van der Waals surface area (Å²) in [6.45, 7) is 13.3. The fourth-order valence-electron chi connectivity index (χ4n) is 3.92. The minimum atomic E-state index is -0.549. The van der Waals surface area contributed by atoms with Crippen molar-refractivity contribution in [3.8, 4) is 0 Å². The third kappa shape index (κ3) is 7.80. The van der Waals surface area contributed by atoms with E-state index in [4.69, 9.17) is 0 Å². The van der Waals surface area contributed by atoms with Crippen molar-refractivity contribution in [1.29, 1.82) is 0 Å². The first-order valence-electron chi connectivity index (χ1n) is 11.0. The summed E-state index contributed by atoms with van der Waals surface area (Å²) in [5, 5.41) is 5.83. The van der Waals surface area contributed by atoms with Gasteiger partial charge in [0.15, 0.2) is 0 Å². The molecule has 0 radical (unpaired) electrons. The van der Waals surface area contributed by atoms with Crippen molar-refractivity contribution in [2.24, 2.45) is 11.3 Å². The third-order valence-electron chi connectivity index (χ3n) is 5.19. The number of hydrogen-bond acceptors (Lipinski definition) is 3. The average molecular weight is 396 g/mol. The molecule has 1 aliphatic heterocycles. The summed E-state index contributed by atoms with van der Waals surface area (Å²) in [5.41, 5.74) is -0.133. The van der Waals surface area contributed by atoms with Crippen molar-refractivity contribution < 1.29 is 14.4 Å². The van der Waals surface area contributed by atoms with Crippen LogP contribution in [0, 0.1) is 11.3 Å². The molecule has 0 bridgehead atoms. The van der Waals surface area contributed by atoms with Crippen molar-refractivity contribution in [3.63, 3.8) is 0 Å². The van der Waals surface area contributed by atoms with Crippen LogP contribution in [0.5, 0.6) is 0 Å². The van der Waals surface area contributed by atoms with Gasteiger partial charge in [-0.2, -0.15) is 0 Å². The Hall–Kier alpha value is -1.59. The molecule has 3 atom stereocenters. The van der Waals surface area contributed by atoms with Gasteiger partial charge in [0, 0.05) is 19.5 Å². The predicted molar refractivity (Wildman–Crippen MR) is 113 cm³/mol. The molecule has 1 aliphatic rings. The largest absolute Gasteiger partial charge is 0.355 e. The van der Waals surface area contributed by atoms with Gasteiger partial charge in [-0.25, -0.2) is 0 Å². The second kappa shape index (κ2) is 11.4. The van der Waals surface area contributed by atoms with E-state index in [9.17, 15) is 14.4 Å². The lowest BCUT2D eigenvalue weighted by atomic mass is 9.91. The third-order valence-corrected chi connectivity index (χ3v) is 5.19. The normalized spacial score (nSPS) is 20.7. The first-order valence-corrected chi connectivity index (χ1v) is 11.0. The molecule has 1 unspecified atom stereocenters. The van der Waals surface area contributed by atoms with Crippen LogP contribution in [-0.2, 0) is 14.4 Å². The van der Waals surface area contributed by atoms with E-state index in [0.717, 1.165) is 25.7 Å². The van der Waals surface area contributed by atoms with Crippen molar-refractivity contribution in [2.45, 2.75) is 98.6 Å². The maximum Gasteiger partial charge on any atom is 0.245 e. The zero-order valence-corrected chi connectivity index (χ0v) is 18.8. The zero-order chi connectivity index (χ0) is 21.3. The maximum atomic E-state index is 13.4. The molecule has 0 aromatic heterocycles. The van der Waals surface area contributed by atoms with E-state index < -0.39 is 12.1 Å². The minimum Gasteiger partial charge on any atom is -0.355 e. The molecule has 0 aliphatic carbocycles. The summed E-state index contributed by atoms with van der Waals surface area (Å²) in [7, 11) is 0. The van der Waals surface area contributed by atoms with Gasteiger partial charge in [-0.05, 0) is 37.5 Å². The van der Waals surface area contributed by atoms with Crippen molar-refractivity contribution in [3.05, 3.63) is 0 Å². The number of rotatable bonds is 10. The summed E-state index contributed by atoms with van der Waals surface area (Å²) in [6, 6.07) is -0.972. The van der Waals surface area contributed by atoms with Crippen LogP contribution in [0.3, 0.4) is 0 Å². The molecule has 2 N–H and O–H groups in total. The van der Waals surface area contributed by atoms with Crippen LogP contribution in [0.25, 0.3) is 0 Å². The molecule has 0 aromatic rings. The van der Waals surface area contributed by atoms with Gasteiger partial charge in [0.1, 0.15) is 12.1 Å². The topological polar surface area (TPSA) is 78.5 Å². The highest BCUT2D eigenvalue weighted by atomic mass is 16.2. The lowest BCUT2D eigenvalue weighted by molar-refractivity contribution is -0.141. The molecule has 1 rings (SSSR count). The number of carbonyl (C=O) groups is 3. The minimum absolute atomic E-state index is 0.0790. The van der Waals surface area contributed by atoms with Gasteiger partial charge < -0.3 is 15.5 Å². The van der Waals surface area contributed by atoms with Gasteiger partial charge in [-0.15, -0.1) is 0 Å². The standard InChI is InChI=1S/C22H41N3O3/c1-7-10-12-17(24-19(26)14-22(4,5)6)21(28)25-15-16(11-8-2)13-18(25)20(27)23-9-3/h16-18H,7-15H2,1-6H3,(H,23,27)(H,24,26)/t16-,17+,18?/m1/s1. The number of likely N-dealkylation sites (N-methyl/N-ethyl adjacent to an activating group) is 1. The molecule has 1 heterocycles. The number of likely N-dealkylation sites (tertiary alicyclic amines) is 1. The number of nitrogens with one attached hydrogen (secondary N) is 2. The molecular weight excluding hydrogens is 354 g/mol. The summed E-state index contributed by atoms with van der Waals surface area (Å²) in [6.07, 6.45) is 5.57. The van der Waals surface area contributed by atoms with Crippen LogP contribution in [0.1, 0.15) is 86.5 Å². The summed E-state index contributed by atoms with van der Waals surface area (Å²) in [4.78, 5) is 40.1. The van der Waals surface area contributed by atoms with Crippen LogP contribution < -0.4 is 10.6 Å². The molecule has 0 spiro atoms. The maximum absolute atomic E-state index is 13.4. The van der Waals surface area contributed by atoms with E-state index in [2.05, 4.69) is 24.5 Å². The van der Waals surface area contributed by atoms with Crippen molar-refractivity contribution in [1.82, 2.24) is 15.5 Å². The Morgan fingerprint density at radius 1 is 1.11 bits per heavy atom. The van der Waals surface area contributed by atoms with Gasteiger partial charge in [0.05, 0.1) is 0 Å². The Morgan fingerprint density at radius 3 is 2.32 bits per heavy atom. The van der Waals surface area contributed by atoms with Crippen LogP contribution in [0.2, 0.25) is 0 Å². The first-order chi connectivity index (χ1) is 13.1. The predicted octanol–water partition coefficient (Wildman–Crippen LogP) is 3.25. The Balaban J connectivity index is 2.95. The molecule has 6 nitrogen and oxygen atoms in total. The number of carbonyl (C=O) groups excluding carboxylic acids is 3. The molecule has 0 aromatic carbocycles. The Morgan fingerprint density at radius 2 is 1.79 bits per heavy atom. The second-order valence-electron chi connectivity index (χ2n) is 9.29. The van der Waals surface area contributed by atoms with Crippen molar-refractivity contribution in [2.75, 3.05) is 13.1 Å². The molecule has 3 amide bonds. The average Bonchev–Trinajstić information content (AvgIpc) is 3.01. The van der Waals surface area contributed by atoms with Crippen LogP contribution in [-0.4, -0.2) is 47.8 Å². The Labute approximate surface area is 171 Å². The second-order valence-corrected chi connectivity index (χ2v) is 9.29. The summed E-state index contributed by atoms with van der Waals surface area (Å²) < 4.78 is 0. The van der Waals surface area contributed by atoms with E-state index in [1.54, 1.807) is 4.90 Å². The highest BCUT2D eigenvalue weighted by Gasteiger charge is 2.41. The van der Waals surface area contributed by atoms with E-state index in [1.165, 1.54) is 0 Å². The lowest BCUT2D eigenvalue weighted by Crippen LogP contribution is -2.53. The van der Waals surface area contributed by atoms with E-state index in [1.807, 2.05) is 27.7 Å². The summed E-state index contributed by atoms with van der Waals surface area (Å²) >= 11 is 0. The Kier molecular flexibility index (Phi) is 9.97. The fourth-order valence-corrected chi connectivity index (χ4v) is 3.92. The van der Waals surface area contributed by atoms with Gasteiger partial charge in [0.25, 0.3) is 0 Å². The lowest BCUT2D eigenvalue weighted by Gasteiger charge is -2.29. The van der Waals surface area contributed by atoms with Crippen molar-refractivity contribution >= 4 is 17.7 Å². The molecule has 162 valence electrons. The van der Waals surface area contributed by atoms with Crippen LogP contribution in [0.15, 0.2) is 0 Å². The number of hydrogen-bond donors (Lipinski definition) is 2. The van der Waals surface area contributed by atoms with Gasteiger partial charge >= 0.3 is 0 Å². The van der Waals surface area contributed by atoms with E-state index in [0.29, 0.717) is 38.3 Å². The SMILES string of the molecule is CCCC[C@H](NC(=O)CC(C)(C)C)C(=O)N1C[C@H](CCC)CC1C(=O)NCC. The zero-order valence-electron chi connectivity index (χ0n) is 18.8. The molecule has 6 heteroatoms. The molecular formula is C22H41N3O3. The van der Waals surface area contributed by atoms with Gasteiger partial charge in [-0.3, -0.25) is 14.4 Å².